The Kier molecular flexibility index (Phi) is 4.85. The van der Waals surface area contributed by atoms with Crippen molar-refractivity contribution in [3.8, 4) is 0 Å². The summed E-state index contributed by atoms with van der Waals surface area (Å²) in [7, 11) is 0. The van der Waals surface area contributed by atoms with Crippen molar-refractivity contribution in [1.82, 2.24) is 10.2 Å². The number of nitrogens with two attached hydrogens (primary N) is 1. The summed E-state index contributed by atoms with van der Waals surface area (Å²) in [5.41, 5.74) is 7.36. The number of hydrogen-bond acceptors (Lipinski definition) is 3. The van der Waals surface area contributed by atoms with Crippen molar-refractivity contribution in [2.75, 3.05) is 13.1 Å². The highest BCUT2D eigenvalue weighted by Crippen LogP contribution is 2.27. The highest BCUT2D eigenvalue weighted by Gasteiger charge is 2.38. The first-order chi connectivity index (χ1) is 9.65. The van der Waals surface area contributed by atoms with Crippen LogP contribution in [-0.2, 0) is 9.59 Å². The lowest BCUT2D eigenvalue weighted by atomic mass is 9.95. The average Bonchev–Trinajstić information content (AvgIpc) is 3.05. The molecule has 5 nitrogen and oxygen atoms in total. The van der Waals surface area contributed by atoms with Gasteiger partial charge in [0.05, 0.1) is 0 Å². The van der Waals surface area contributed by atoms with Crippen LogP contribution < -0.4 is 11.1 Å². The SMILES string of the molecule is Cl.N[C@@H]1CN(C(=O)[C@H]2CCC(=O)N2)C[C@H]1c1ccccc1. The molecule has 2 aliphatic rings. The average molecular weight is 310 g/mol. The highest BCUT2D eigenvalue weighted by atomic mass is 35.5. The topological polar surface area (TPSA) is 75.4 Å². The van der Waals surface area contributed by atoms with Gasteiger partial charge in [0.15, 0.2) is 0 Å². The molecule has 114 valence electrons. The Labute approximate surface area is 130 Å². The van der Waals surface area contributed by atoms with Crippen LogP contribution in [0.5, 0.6) is 0 Å². The molecular formula is C15H20ClN3O2. The quantitative estimate of drug-likeness (QED) is 0.842. The third kappa shape index (κ3) is 3.19. The number of amides is 2. The van der Waals surface area contributed by atoms with E-state index < -0.39 is 0 Å². The summed E-state index contributed by atoms with van der Waals surface area (Å²) in [6.07, 6.45) is 1.04. The zero-order chi connectivity index (χ0) is 14.1. The van der Waals surface area contributed by atoms with Crippen LogP contribution in [0.3, 0.4) is 0 Å². The molecule has 1 aromatic carbocycles. The van der Waals surface area contributed by atoms with E-state index in [0.29, 0.717) is 25.9 Å². The van der Waals surface area contributed by atoms with E-state index >= 15 is 0 Å². The van der Waals surface area contributed by atoms with Gasteiger partial charge in [-0.05, 0) is 12.0 Å². The number of nitrogens with zero attached hydrogens (tertiary/aromatic N) is 1. The monoisotopic (exact) mass is 309 g/mol. The van der Waals surface area contributed by atoms with Crippen LogP contribution in [0.2, 0.25) is 0 Å². The fourth-order valence-electron chi connectivity index (χ4n) is 3.08. The molecule has 2 fully saturated rings. The maximum atomic E-state index is 12.4. The van der Waals surface area contributed by atoms with Crippen molar-refractivity contribution in [2.24, 2.45) is 5.73 Å². The number of benzene rings is 1. The number of halogens is 1. The lowest BCUT2D eigenvalue weighted by molar-refractivity contribution is -0.133. The van der Waals surface area contributed by atoms with Crippen LogP contribution in [0.4, 0.5) is 0 Å². The minimum Gasteiger partial charge on any atom is -0.344 e. The third-order valence-electron chi connectivity index (χ3n) is 4.20. The van der Waals surface area contributed by atoms with E-state index in [1.54, 1.807) is 4.90 Å². The van der Waals surface area contributed by atoms with Crippen LogP contribution in [0.25, 0.3) is 0 Å². The second kappa shape index (κ2) is 6.45. The van der Waals surface area contributed by atoms with Crippen LogP contribution in [0, 0.1) is 0 Å². The Hall–Kier alpha value is -1.59. The van der Waals surface area contributed by atoms with E-state index in [-0.39, 0.29) is 42.2 Å². The maximum absolute atomic E-state index is 12.4. The lowest BCUT2D eigenvalue weighted by Crippen LogP contribution is -2.44. The minimum atomic E-state index is -0.357. The van der Waals surface area contributed by atoms with Gasteiger partial charge in [-0.3, -0.25) is 9.59 Å². The first-order valence-corrected chi connectivity index (χ1v) is 7.04. The summed E-state index contributed by atoms with van der Waals surface area (Å²) in [6, 6.07) is 9.66. The van der Waals surface area contributed by atoms with Crippen LogP contribution in [0.15, 0.2) is 30.3 Å². The molecule has 3 atom stereocenters. The van der Waals surface area contributed by atoms with Crippen LogP contribution >= 0.6 is 12.4 Å². The van der Waals surface area contributed by atoms with Gasteiger partial charge in [0.2, 0.25) is 11.8 Å². The second-order valence-electron chi connectivity index (χ2n) is 5.58. The molecule has 3 rings (SSSR count). The molecule has 3 N–H and O–H groups in total. The molecule has 2 heterocycles. The molecule has 0 bridgehead atoms. The molecule has 21 heavy (non-hydrogen) atoms. The van der Waals surface area contributed by atoms with Gasteiger partial charge >= 0.3 is 0 Å². The maximum Gasteiger partial charge on any atom is 0.245 e. The minimum absolute atomic E-state index is 0. The van der Waals surface area contributed by atoms with Crippen molar-refractivity contribution >= 4 is 24.2 Å². The molecule has 0 radical (unpaired) electrons. The summed E-state index contributed by atoms with van der Waals surface area (Å²) < 4.78 is 0. The van der Waals surface area contributed by atoms with Gasteiger partial charge in [-0.25, -0.2) is 0 Å². The van der Waals surface area contributed by atoms with Gasteiger partial charge in [-0.2, -0.15) is 0 Å². The molecule has 6 heteroatoms. The molecule has 0 saturated carbocycles. The Morgan fingerprint density at radius 1 is 1.24 bits per heavy atom. The van der Waals surface area contributed by atoms with Gasteiger partial charge in [-0.1, -0.05) is 30.3 Å². The van der Waals surface area contributed by atoms with Crippen molar-refractivity contribution < 1.29 is 9.59 Å². The van der Waals surface area contributed by atoms with Crippen molar-refractivity contribution in [2.45, 2.75) is 30.8 Å². The largest absolute Gasteiger partial charge is 0.344 e. The second-order valence-corrected chi connectivity index (χ2v) is 5.58. The Balaban J connectivity index is 0.00000161. The molecule has 1 aromatic rings. The van der Waals surface area contributed by atoms with E-state index in [4.69, 9.17) is 5.73 Å². The summed E-state index contributed by atoms with van der Waals surface area (Å²) in [6.45, 7) is 1.20. The van der Waals surface area contributed by atoms with E-state index in [0.717, 1.165) is 0 Å². The molecule has 2 amide bonds. The first-order valence-electron chi connectivity index (χ1n) is 7.04. The highest BCUT2D eigenvalue weighted by molar-refractivity contribution is 5.91. The van der Waals surface area contributed by atoms with E-state index in [1.807, 2.05) is 18.2 Å². The van der Waals surface area contributed by atoms with Gasteiger partial charge < -0.3 is 16.0 Å². The van der Waals surface area contributed by atoms with Crippen molar-refractivity contribution in [3.63, 3.8) is 0 Å². The number of carbonyl (C=O) groups excluding carboxylic acids is 2. The van der Waals surface area contributed by atoms with Crippen molar-refractivity contribution in [3.05, 3.63) is 35.9 Å². The molecule has 0 spiro atoms. The standard InChI is InChI=1S/C15H19N3O2.ClH/c16-12-9-18(15(20)13-6-7-14(19)17-13)8-11(12)10-4-2-1-3-5-10;/h1-5,11-13H,6-9,16H2,(H,17,19);1H/t11-,12+,13+;/m0./s1. The molecular weight excluding hydrogens is 290 g/mol. The zero-order valence-corrected chi connectivity index (χ0v) is 12.5. The number of hydrogen-bond donors (Lipinski definition) is 2. The van der Waals surface area contributed by atoms with Crippen LogP contribution in [0.1, 0.15) is 24.3 Å². The number of carbonyl (C=O) groups is 2. The molecule has 0 aliphatic carbocycles. The smallest absolute Gasteiger partial charge is 0.245 e. The van der Waals surface area contributed by atoms with E-state index in [1.165, 1.54) is 5.56 Å². The number of likely N-dealkylation sites (tertiary alicyclic amines) is 1. The van der Waals surface area contributed by atoms with Gasteiger partial charge in [0.1, 0.15) is 6.04 Å². The Morgan fingerprint density at radius 2 is 1.95 bits per heavy atom. The van der Waals surface area contributed by atoms with Crippen LogP contribution in [-0.4, -0.2) is 41.9 Å². The number of rotatable bonds is 2. The Morgan fingerprint density at radius 3 is 2.57 bits per heavy atom. The third-order valence-corrected chi connectivity index (χ3v) is 4.20. The summed E-state index contributed by atoms with van der Waals surface area (Å²) in [5.74, 6) is 0.147. The first kappa shape index (κ1) is 15.8. The molecule has 2 saturated heterocycles. The lowest BCUT2D eigenvalue weighted by Gasteiger charge is -2.20. The molecule has 0 aromatic heterocycles. The predicted octanol–water partition coefficient (Wildman–Crippen LogP) is 0.640. The summed E-state index contributed by atoms with van der Waals surface area (Å²) >= 11 is 0. The van der Waals surface area contributed by atoms with Gasteiger partial charge in [0, 0.05) is 31.5 Å². The van der Waals surface area contributed by atoms with E-state index in [9.17, 15) is 9.59 Å². The Bertz CT molecular complexity index is 523. The van der Waals surface area contributed by atoms with Gasteiger partial charge in [-0.15, -0.1) is 12.4 Å². The fraction of sp³-hybridized carbons (Fsp3) is 0.467. The zero-order valence-electron chi connectivity index (χ0n) is 11.7. The number of nitrogens with one attached hydrogen (secondary N) is 1. The molecule has 0 unspecified atom stereocenters. The normalized spacial score (nSPS) is 28.1. The predicted molar refractivity (Wildman–Crippen MR) is 82.2 cm³/mol. The molecule has 2 aliphatic heterocycles. The summed E-state index contributed by atoms with van der Waals surface area (Å²) in [5, 5.41) is 2.73. The van der Waals surface area contributed by atoms with Gasteiger partial charge in [0.25, 0.3) is 0 Å². The van der Waals surface area contributed by atoms with Crippen molar-refractivity contribution in [1.29, 1.82) is 0 Å². The van der Waals surface area contributed by atoms with E-state index in [2.05, 4.69) is 17.4 Å². The summed E-state index contributed by atoms with van der Waals surface area (Å²) in [4.78, 5) is 25.4. The fourth-order valence-corrected chi connectivity index (χ4v) is 3.08.